The third kappa shape index (κ3) is 3.23. The molecule has 22 heavy (non-hydrogen) atoms. The standard InChI is InChI=1S/C16H15N3OS2/c1-21-14-6-9-22-15(14)16(20)18-10-12-2-4-13(5-3-12)19-8-7-17-11-19/h2-9,11H,10H2,1H3,(H,18,20). The Morgan fingerprint density at radius 1 is 1.32 bits per heavy atom. The molecule has 0 unspecified atom stereocenters. The summed E-state index contributed by atoms with van der Waals surface area (Å²) in [6.45, 7) is 0.523. The van der Waals surface area contributed by atoms with Gasteiger partial charge in [-0.1, -0.05) is 12.1 Å². The quantitative estimate of drug-likeness (QED) is 0.728. The zero-order chi connectivity index (χ0) is 15.4. The molecule has 3 rings (SSSR count). The van der Waals surface area contributed by atoms with Crippen LogP contribution in [0.2, 0.25) is 0 Å². The largest absolute Gasteiger partial charge is 0.347 e. The number of thiophene rings is 1. The van der Waals surface area contributed by atoms with Gasteiger partial charge in [0, 0.05) is 29.5 Å². The Labute approximate surface area is 137 Å². The molecule has 1 amide bonds. The van der Waals surface area contributed by atoms with E-state index in [9.17, 15) is 4.79 Å². The minimum absolute atomic E-state index is 0.0157. The Morgan fingerprint density at radius 2 is 2.14 bits per heavy atom. The molecule has 0 aliphatic heterocycles. The van der Waals surface area contributed by atoms with Crippen LogP contribution in [0.3, 0.4) is 0 Å². The van der Waals surface area contributed by atoms with Gasteiger partial charge in [-0.15, -0.1) is 23.1 Å². The van der Waals surface area contributed by atoms with Crippen LogP contribution in [0, 0.1) is 0 Å². The fourth-order valence-electron chi connectivity index (χ4n) is 2.08. The predicted molar refractivity (Wildman–Crippen MR) is 90.8 cm³/mol. The topological polar surface area (TPSA) is 46.9 Å². The highest BCUT2D eigenvalue weighted by molar-refractivity contribution is 7.98. The minimum Gasteiger partial charge on any atom is -0.347 e. The van der Waals surface area contributed by atoms with Crippen LogP contribution in [-0.2, 0) is 6.54 Å². The maximum Gasteiger partial charge on any atom is 0.262 e. The molecule has 1 N–H and O–H groups in total. The van der Waals surface area contributed by atoms with Crippen LogP contribution < -0.4 is 5.32 Å². The summed E-state index contributed by atoms with van der Waals surface area (Å²) >= 11 is 3.07. The Kier molecular flexibility index (Phi) is 4.60. The van der Waals surface area contributed by atoms with Gasteiger partial charge in [-0.25, -0.2) is 4.98 Å². The first kappa shape index (κ1) is 14.9. The van der Waals surface area contributed by atoms with E-state index in [1.807, 2.05) is 52.7 Å². The van der Waals surface area contributed by atoms with Gasteiger partial charge in [0.1, 0.15) is 4.88 Å². The molecule has 2 heterocycles. The highest BCUT2D eigenvalue weighted by Gasteiger charge is 2.12. The summed E-state index contributed by atoms with van der Waals surface area (Å²) in [7, 11) is 0. The maximum atomic E-state index is 12.2. The SMILES string of the molecule is CSc1ccsc1C(=O)NCc1ccc(-n2ccnc2)cc1. The molecule has 0 atom stereocenters. The van der Waals surface area contributed by atoms with Gasteiger partial charge in [0.15, 0.2) is 0 Å². The van der Waals surface area contributed by atoms with E-state index in [0.29, 0.717) is 6.54 Å². The van der Waals surface area contributed by atoms with Gasteiger partial charge >= 0.3 is 0 Å². The average Bonchev–Trinajstić information content (AvgIpc) is 3.24. The second-order valence-electron chi connectivity index (χ2n) is 4.64. The van der Waals surface area contributed by atoms with Crippen molar-refractivity contribution in [1.82, 2.24) is 14.9 Å². The van der Waals surface area contributed by atoms with Crippen molar-refractivity contribution in [3.63, 3.8) is 0 Å². The van der Waals surface area contributed by atoms with Crippen LogP contribution >= 0.6 is 23.1 Å². The van der Waals surface area contributed by atoms with E-state index in [-0.39, 0.29) is 5.91 Å². The minimum atomic E-state index is -0.0157. The molecule has 0 bridgehead atoms. The summed E-state index contributed by atoms with van der Waals surface area (Å²) in [5, 5.41) is 4.91. The van der Waals surface area contributed by atoms with E-state index in [4.69, 9.17) is 0 Å². The lowest BCUT2D eigenvalue weighted by molar-refractivity contribution is 0.0952. The van der Waals surface area contributed by atoms with Crippen LogP contribution in [0.4, 0.5) is 0 Å². The normalized spacial score (nSPS) is 10.6. The van der Waals surface area contributed by atoms with Crippen molar-refractivity contribution in [2.45, 2.75) is 11.4 Å². The van der Waals surface area contributed by atoms with Crippen LogP contribution in [0.1, 0.15) is 15.2 Å². The second kappa shape index (κ2) is 6.81. The van der Waals surface area contributed by atoms with Gasteiger partial charge in [-0.2, -0.15) is 0 Å². The average molecular weight is 329 g/mol. The molecule has 1 aromatic carbocycles. The lowest BCUT2D eigenvalue weighted by atomic mass is 10.2. The molecule has 3 aromatic rings. The predicted octanol–water partition coefficient (Wildman–Crippen LogP) is 3.59. The lowest BCUT2D eigenvalue weighted by Gasteiger charge is -2.07. The molecular weight excluding hydrogens is 314 g/mol. The van der Waals surface area contributed by atoms with Gasteiger partial charge in [-0.3, -0.25) is 4.79 Å². The van der Waals surface area contributed by atoms with E-state index in [1.54, 1.807) is 24.3 Å². The van der Waals surface area contributed by atoms with E-state index >= 15 is 0 Å². The summed E-state index contributed by atoms with van der Waals surface area (Å²) in [5.41, 5.74) is 2.12. The third-order valence-electron chi connectivity index (χ3n) is 3.25. The van der Waals surface area contributed by atoms with Crippen LogP contribution in [0.15, 0.2) is 59.3 Å². The number of rotatable bonds is 5. The Bertz CT molecular complexity index is 748. The number of hydrogen-bond donors (Lipinski definition) is 1. The molecular formula is C16H15N3OS2. The van der Waals surface area contributed by atoms with E-state index in [0.717, 1.165) is 21.0 Å². The molecule has 0 saturated heterocycles. The second-order valence-corrected chi connectivity index (χ2v) is 6.40. The van der Waals surface area contributed by atoms with Crippen molar-refractivity contribution >= 4 is 29.0 Å². The van der Waals surface area contributed by atoms with Gasteiger partial charge < -0.3 is 9.88 Å². The smallest absolute Gasteiger partial charge is 0.262 e. The fraction of sp³-hybridized carbons (Fsp3) is 0.125. The molecule has 6 heteroatoms. The van der Waals surface area contributed by atoms with Crippen molar-refractivity contribution in [3.8, 4) is 5.69 Å². The zero-order valence-electron chi connectivity index (χ0n) is 12.0. The highest BCUT2D eigenvalue weighted by Crippen LogP contribution is 2.25. The Hall–Kier alpha value is -2.05. The fourth-order valence-corrected chi connectivity index (χ4v) is 3.75. The summed E-state index contributed by atoms with van der Waals surface area (Å²) in [4.78, 5) is 18.0. The van der Waals surface area contributed by atoms with E-state index < -0.39 is 0 Å². The van der Waals surface area contributed by atoms with Gasteiger partial charge in [-0.05, 0) is 35.4 Å². The summed E-state index contributed by atoms with van der Waals surface area (Å²) in [5.74, 6) is -0.0157. The molecule has 4 nitrogen and oxygen atoms in total. The van der Waals surface area contributed by atoms with Gasteiger partial charge in [0.25, 0.3) is 5.91 Å². The third-order valence-corrected chi connectivity index (χ3v) is 5.07. The molecule has 0 aliphatic carbocycles. The van der Waals surface area contributed by atoms with Crippen LogP contribution in [0.5, 0.6) is 0 Å². The number of carbonyl (C=O) groups excluding carboxylic acids is 1. The molecule has 112 valence electrons. The Balaban J connectivity index is 1.63. The van der Waals surface area contributed by atoms with Crippen molar-refractivity contribution in [3.05, 3.63) is 64.9 Å². The molecule has 0 radical (unpaired) electrons. The van der Waals surface area contributed by atoms with Crippen molar-refractivity contribution in [1.29, 1.82) is 0 Å². The summed E-state index contributed by atoms with van der Waals surface area (Å²) in [6.07, 6.45) is 7.39. The van der Waals surface area contributed by atoms with Crippen molar-refractivity contribution < 1.29 is 4.79 Å². The number of benzene rings is 1. The number of carbonyl (C=O) groups is 1. The van der Waals surface area contributed by atoms with Crippen LogP contribution in [-0.4, -0.2) is 21.7 Å². The van der Waals surface area contributed by atoms with E-state index in [1.165, 1.54) is 11.3 Å². The van der Waals surface area contributed by atoms with Crippen LogP contribution in [0.25, 0.3) is 5.69 Å². The Morgan fingerprint density at radius 3 is 2.82 bits per heavy atom. The molecule has 0 aliphatic rings. The summed E-state index contributed by atoms with van der Waals surface area (Å²) < 4.78 is 1.94. The van der Waals surface area contributed by atoms with Gasteiger partial charge in [0.05, 0.1) is 6.33 Å². The van der Waals surface area contributed by atoms with Crippen molar-refractivity contribution in [2.24, 2.45) is 0 Å². The number of nitrogens with zero attached hydrogens (tertiary/aromatic N) is 2. The monoisotopic (exact) mass is 329 g/mol. The van der Waals surface area contributed by atoms with E-state index in [2.05, 4.69) is 10.3 Å². The molecule has 0 fully saturated rings. The van der Waals surface area contributed by atoms with Gasteiger partial charge in [0.2, 0.25) is 0 Å². The first-order valence-electron chi connectivity index (χ1n) is 6.75. The van der Waals surface area contributed by atoms with Crippen molar-refractivity contribution in [2.75, 3.05) is 6.26 Å². The molecule has 0 spiro atoms. The number of imidazole rings is 1. The lowest BCUT2D eigenvalue weighted by Crippen LogP contribution is -2.22. The number of amides is 1. The first-order valence-corrected chi connectivity index (χ1v) is 8.85. The zero-order valence-corrected chi connectivity index (χ0v) is 13.7. The maximum absolute atomic E-state index is 12.2. The number of nitrogens with one attached hydrogen (secondary N) is 1. The number of thioether (sulfide) groups is 1. The first-order chi connectivity index (χ1) is 10.8. The molecule has 0 saturated carbocycles. The number of hydrogen-bond acceptors (Lipinski definition) is 4. The number of aromatic nitrogens is 2. The summed E-state index contributed by atoms with van der Waals surface area (Å²) in [6, 6.07) is 10.0. The molecule has 2 aromatic heterocycles. The highest BCUT2D eigenvalue weighted by atomic mass is 32.2.